The average molecular weight is 513 g/mol. The number of Topliss-reactive ketones (excluding diaryl/α,β-unsaturated/α-hetero) is 1. The van der Waals surface area contributed by atoms with Crippen LogP contribution in [0.1, 0.15) is 20.9 Å². The van der Waals surface area contributed by atoms with Crippen LogP contribution in [0.25, 0.3) is 21.8 Å². The van der Waals surface area contributed by atoms with E-state index in [1.807, 2.05) is 18.2 Å². The van der Waals surface area contributed by atoms with Crippen molar-refractivity contribution in [1.29, 1.82) is 5.26 Å². The van der Waals surface area contributed by atoms with E-state index in [9.17, 15) is 14.9 Å². The molecule has 0 atom stereocenters. The summed E-state index contributed by atoms with van der Waals surface area (Å²) in [4.78, 5) is 37.4. The monoisotopic (exact) mass is 512 g/mol. The number of aromatic amines is 1. The van der Waals surface area contributed by atoms with Crippen LogP contribution < -0.4 is 5.56 Å². The van der Waals surface area contributed by atoms with Gasteiger partial charge in [0, 0.05) is 21.2 Å². The van der Waals surface area contributed by atoms with Crippen LogP contribution >= 0.6 is 46.3 Å². The Morgan fingerprint density at radius 3 is 2.27 bits per heavy atom. The van der Waals surface area contributed by atoms with Crippen LogP contribution in [0, 0.1) is 18.3 Å². The van der Waals surface area contributed by atoms with Gasteiger partial charge in [0.2, 0.25) is 0 Å². The van der Waals surface area contributed by atoms with Gasteiger partial charge in [-0.05, 0) is 31.2 Å². The Morgan fingerprint density at radius 1 is 1.06 bits per heavy atom. The minimum atomic E-state index is -0.564. The van der Waals surface area contributed by atoms with Gasteiger partial charge in [0.05, 0.1) is 22.0 Å². The Hall–Kier alpha value is -2.96. The molecule has 1 N–H and O–H groups in total. The van der Waals surface area contributed by atoms with Crippen molar-refractivity contribution < 1.29 is 4.79 Å². The van der Waals surface area contributed by atoms with E-state index >= 15 is 0 Å². The number of hydrogen-bond donors (Lipinski definition) is 1. The highest BCUT2D eigenvalue weighted by atomic mass is 35.5. The van der Waals surface area contributed by atoms with Crippen molar-refractivity contribution in [2.45, 2.75) is 12.1 Å². The Kier molecular flexibility index (Phi) is 6.96. The molecule has 2 heterocycles. The summed E-state index contributed by atoms with van der Waals surface area (Å²) < 4.78 is 0. The van der Waals surface area contributed by atoms with Crippen LogP contribution in [0.5, 0.6) is 0 Å². The molecule has 0 unspecified atom stereocenters. The smallest absolute Gasteiger partial charge is 0.270 e. The second kappa shape index (κ2) is 9.89. The molecule has 0 fully saturated rings. The zero-order chi connectivity index (χ0) is 23.5. The molecule has 0 bridgehead atoms. The molecule has 0 saturated heterocycles. The largest absolute Gasteiger partial charge is 0.300 e. The number of aryl methyl sites for hydroxylation is 1. The first-order valence-corrected chi connectivity index (χ1v) is 12.1. The number of hydrogen-bond acceptors (Lipinski definition) is 7. The number of nitrogens with zero attached hydrogens (tertiary/aromatic N) is 3. The van der Waals surface area contributed by atoms with Crippen molar-refractivity contribution in [3.05, 3.63) is 85.1 Å². The molecule has 0 aliphatic rings. The summed E-state index contributed by atoms with van der Waals surface area (Å²) in [6.45, 7) is 1.79. The Morgan fingerprint density at radius 2 is 1.67 bits per heavy atom. The molecule has 0 saturated carbocycles. The van der Waals surface area contributed by atoms with Crippen molar-refractivity contribution in [2.75, 3.05) is 5.75 Å². The summed E-state index contributed by atoms with van der Waals surface area (Å²) >= 11 is 14.3. The maximum atomic E-state index is 12.9. The third-order valence-electron chi connectivity index (χ3n) is 4.61. The summed E-state index contributed by atoms with van der Waals surface area (Å²) in [5.74, 6) is -0.0758. The van der Waals surface area contributed by atoms with Gasteiger partial charge in [-0.15, -0.1) is 11.3 Å². The van der Waals surface area contributed by atoms with Crippen LogP contribution in [-0.4, -0.2) is 26.5 Å². The molecule has 10 heteroatoms. The highest BCUT2D eigenvalue weighted by Crippen LogP contribution is 2.30. The topological polar surface area (TPSA) is 99.5 Å². The van der Waals surface area contributed by atoms with Crippen molar-refractivity contribution in [3.63, 3.8) is 0 Å². The highest BCUT2D eigenvalue weighted by Gasteiger charge is 2.19. The quantitative estimate of drug-likeness (QED) is 0.192. The number of nitriles is 1. The van der Waals surface area contributed by atoms with E-state index in [1.165, 1.54) is 11.3 Å². The molecule has 0 aliphatic carbocycles. The fourth-order valence-corrected chi connectivity index (χ4v) is 5.10. The van der Waals surface area contributed by atoms with Crippen molar-refractivity contribution in [3.8, 4) is 27.9 Å². The first-order chi connectivity index (χ1) is 15.9. The Bertz CT molecular complexity index is 1440. The summed E-state index contributed by atoms with van der Waals surface area (Å²) in [7, 11) is 0. The first-order valence-electron chi connectivity index (χ1n) is 9.55. The number of aromatic nitrogens is 3. The number of carbonyl (C=O) groups is 1. The van der Waals surface area contributed by atoms with Crippen molar-refractivity contribution >= 4 is 52.1 Å². The van der Waals surface area contributed by atoms with Gasteiger partial charge in [-0.2, -0.15) is 5.26 Å². The van der Waals surface area contributed by atoms with Crippen LogP contribution in [0.2, 0.25) is 10.0 Å². The predicted molar refractivity (Wildman–Crippen MR) is 132 cm³/mol. The summed E-state index contributed by atoms with van der Waals surface area (Å²) in [5.41, 5.74) is 1.68. The standard InChI is InChI=1S/C23H14Cl2N4O2S2/c1-12-20(33-22(27-12)14-4-8-16(25)9-5-14)18(30)11-32-23-28-19(17(10-26)21(31)29-23)13-2-6-15(24)7-3-13/h2-9H,11H2,1H3,(H,28,29,31). The van der Waals surface area contributed by atoms with Gasteiger partial charge in [-0.25, -0.2) is 9.97 Å². The Labute approximate surface area is 207 Å². The summed E-state index contributed by atoms with van der Waals surface area (Å²) in [5, 5.41) is 11.5. The zero-order valence-electron chi connectivity index (χ0n) is 17.1. The molecule has 4 aromatic rings. The molecule has 6 nitrogen and oxygen atoms in total. The van der Waals surface area contributed by atoms with Gasteiger partial charge in [0.1, 0.15) is 16.6 Å². The van der Waals surface area contributed by atoms with Crippen LogP contribution in [-0.2, 0) is 0 Å². The number of carbonyl (C=O) groups excluding carboxylic acids is 1. The number of thioether (sulfide) groups is 1. The third kappa shape index (κ3) is 5.18. The SMILES string of the molecule is Cc1nc(-c2ccc(Cl)cc2)sc1C(=O)CSc1nc(-c2ccc(Cl)cc2)c(C#N)c(=O)[nH]1. The molecule has 2 aromatic carbocycles. The lowest BCUT2D eigenvalue weighted by atomic mass is 10.1. The highest BCUT2D eigenvalue weighted by molar-refractivity contribution is 7.99. The number of rotatable bonds is 6. The summed E-state index contributed by atoms with van der Waals surface area (Å²) in [6.07, 6.45) is 0. The lowest BCUT2D eigenvalue weighted by molar-refractivity contribution is 0.102. The van der Waals surface area contributed by atoms with E-state index in [4.69, 9.17) is 23.2 Å². The first kappa shape index (κ1) is 23.2. The maximum Gasteiger partial charge on any atom is 0.270 e. The number of halogens is 2. The molecule has 33 heavy (non-hydrogen) atoms. The Balaban J connectivity index is 1.56. The van der Waals surface area contributed by atoms with Gasteiger partial charge in [0.15, 0.2) is 10.9 Å². The average Bonchev–Trinajstić information content (AvgIpc) is 3.19. The molecule has 4 rings (SSSR count). The van der Waals surface area contributed by atoms with Gasteiger partial charge < -0.3 is 4.98 Å². The fraction of sp³-hybridized carbons (Fsp3) is 0.0870. The van der Waals surface area contributed by atoms with Gasteiger partial charge in [0.25, 0.3) is 5.56 Å². The number of nitrogens with one attached hydrogen (secondary N) is 1. The molecule has 2 aromatic heterocycles. The molecular formula is C23H14Cl2N4O2S2. The molecule has 0 spiro atoms. The second-order valence-corrected chi connectivity index (χ2v) is 9.70. The predicted octanol–water partition coefficient (Wildman–Crippen LogP) is 6.02. The van der Waals surface area contributed by atoms with E-state index in [2.05, 4.69) is 15.0 Å². The van der Waals surface area contributed by atoms with Gasteiger partial charge >= 0.3 is 0 Å². The van der Waals surface area contributed by atoms with E-state index in [1.54, 1.807) is 43.3 Å². The van der Waals surface area contributed by atoms with E-state index < -0.39 is 5.56 Å². The van der Waals surface area contributed by atoms with Crippen LogP contribution in [0.4, 0.5) is 0 Å². The van der Waals surface area contributed by atoms with Crippen molar-refractivity contribution in [1.82, 2.24) is 15.0 Å². The minimum absolute atomic E-state index is 0.0536. The number of H-pyrrole nitrogens is 1. The fourth-order valence-electron chi connectivity index (χ4n) is 3.01. The molecule has 164 valence electrons. The lowest BCUT2D eigenvalue weighted by Crippen LogP contribution is -2.15. The maximum absolute atomic E-state index is 12.9. The molecule has 0 aliphatic heterocycles. The number of ketones is 1. The number of thiazole rings is 1. The van der Waals surface area contributed by atoms with E-state index in [0.717, 1.165) is 22.3 Å². The molecule has 0 amide bonds. The minimum Gasteiger partial charge on any atom is -0.300 e. The summed E-state index contributed by atoms with van der Waals surface area (Å²) in [6, 6.07) is 15.8. The normalized spacial score (nSPS) is 10.7. The zero-order valence-corrected chi connectivity index (χ0v) is 20.2. The second-order valence-electron chi connectivity index (χ2n) is 6.87. The van der Waals surface area contributed by atoms with Crippen LogP contribution in [0.15, 0.2) is 58.5 Å². The van der Waals surface area contributed by atoms with Crippen molar-refractivity contribution in [2.24, 2.45) is 0 Å². The van der Waals surface area contributed by atoms with E-state index in [-0.39, 0.29) is 27.9 Å². The lowest BCUT2D eigenvalue weighted by Gasteiger charge is -2.06. The van der Waals surface area contributed by atoms with E-state index in [0.29, 0.717) is 26.2 Å². The molecule has 0 radical (unpaired) electrons. The van der Waals surface area contributed by atoms with Gasteiger partial charge in [-0.3, -0.25) is 9.59 Å². The third-order valence-corrected chi connectivity index (χ3v) is 7.23. The molecular weight excluding hydrogens is 499 g/mol. The van der Waals surface area contributed by atoms with Gasteiger partial charge in [-0.1, -0.05) is 59.2 Å². The number of benzene rings is 2. The van der Waals surface area contributed by atoms with Crippen LogP contribution in [0.3, 0.4) is 0 Å².